The predicted molar refractivity (Wildman–Crippen MR) is 121 cm³/mol. The summed E-state index contributed by atoms with van der Waals surface area (Å²) >= 11 is 0. The van der Waals surface area contributed by atoms with E-state index < -0.39 is 11.7 Å². The molecule has 3 N–H and O–H groups in total. The van der Waals surface area contributed by atoms with Crippen LogP contribution in [-0.4, -0.2) is 29.2 Å². The minimum Gasteiger partial charge on any atom is -0.372 e. The molecule has 1 fully saturated rings. The van der Waals surface area contributed by atoms with E-state index in [9.17, 15) is 18.0 Å². The van der Waals surface area contributed by atoms with Gasteiger partial charge < -0.3 is 16.0 Å². The quantitative estimate of drug-likeness (QED) is 0.547. The summed E-state index contributed by atoms with van der Waals surface area (Å²) in [5.41, 5.74) is 7.52. The van der Waals surface area contributed by atoms with Crippen LogP contribution in [0, 0.1) is 5.92 Å². The molecular weight excluding hydrogens is 431 g/mol. The Bertz CT molecular complexity index is 1090. The van der Waals surface area contributed by atoms with E-state index in [0.29, 0.717) is 23.9 Å². The van der Waals surface area contributed by atoms with Crippen molar-refractivity contribution in [3.8, 4) is 11.3 Å². The summed E-state index contributed by atoms with van der Waals surface area (Å²) < 4.78 is 38.6. The molecule has 172 valence electrons. The molecular formula is C24H24F3N5O. The molecule has 33 heavy (non-hydrogen) atoms. The first-order valence-corrected chi connectivity index (χ1v) is 10.7. The molecule has 0 unspecified atom stereocenters. The van der Waals surface area contributed by atoms with E-state index in [2.05, 4.69) is 20.4 Å². The van der Waals surface area contributed by atoms with E-state index >= 15 is 0 Å². The summed E-state index contributed by atoms with van der Waals surface area (Å²) in [4.78, 5) is 13.4. The highest BCUT2D eigenvalue weighted by atomic mass is 19.4. The lowest BCUT2D eigenvalue weighted by atomic mass is 9.93. The number of aromatic nitrogens is 2. The average molecular weight is 455 g/mol. The van der Waals surface area contributed by atoms with Gasteiger partial charge in [0.15, 0.2) is 5.82 Å². The Morgan fingerprint density at radius 3 is 2.36 bits per heavy atom. The molecule has 9 heteroatoms. The van der Waals surface area contributed by atoms with Crippen LogP contribution >= 0.6 is 0 Å². The topological polar surface area (TPSA) is 84.1 Å². The number of anilines is 3. The second-order valence-electron chi connectivity index (χ2n) is 8.16. The second kappa shape index (κ2) is 9.48. The molecule has 0 saturated carbocycles. The SMILES string of the molecule is NC(=O)CC1CCN(c2ccc(-c3ccc(Nc4cccc(C(F)(F)F)c4)nn3)cc2)CC1. The molecule has 1 saturated heterocycles. The second-order valence-corrected chi connectivity index (χ2v) is 8.16. The molecule has 1 aliphatic heterocycles. The van der Waals surface area contributed by atoms with Gasteiger partial charge in [0.1, 0.15) is 0 Å². The van der Waals surface area contributed by atoms with Crippen molar-refractivity contribution in [3.05, 3.63) is 66.2 Å². The largest absolute Gasteiger partial charge is 0.416 e. The van der Waals surface area contributed by atoms with E-state index in [4.69, 9.17) is 5.73 Å². The van der Waals surface area contributed by atoms with Gasteiger partial charge in [-0.3, -0.25) is 4.79 Å². The Balaban J connectivity index is 1.38. The molecule has 0 spiro atoms. The average Bonchev–Trinajstić information content (AvgIpc) is 2.80. The van der Waals surface area contributed by atoms with Crippen molar-refractivity contribution in [1.82, 2.24) is 10.2 Å². The van der Waals surface area contributed by atoms with E-state index in [1.54, 1.807) is 18.2 Å². The molecule has 6 nitrogen and oxygen atoms in total. The minimum absolute atomic E-state index is 0.241. The van der Waals surface area contributed by atoms with Gasteiger partial charge >= 0.3 is 6.18 Å². The van der Waals surface area contributed by atoms with Gasteiger partial charge in [0, 0.05) is 36.4 Å². The summed E-state index contributed by atoms with van der Waals surface area (Å²) in [6.45, 7) is 1.76. The van der Waals surface area contributed by atoms with Crippen molar-refractivity contribution in [2.75, 3.05) is 23.3 Å². The van der Waals surface area contributed by atoms with Crippen molar-refractivity contribution in [1.29, 1.82) is 0 Å². The minimum atomic E-state index is -4.40. The van der Waals surface area contributed by atoms with Gasteiger partial charge in [-0.1, -0.05) is 18.2 Å². The lowest BCUT2D eigenvalue weighted by molar-refractivity contribution is -0.137. The normalized spacial score (nSPS) is 14.8. The van der Waals surface area contributed by atoms with Crippen molar-refractivity contribution >= 4 is 23.1 Å². The van der Waals surface area contributed by atoms with Gasteiger partial charge in [0.05, 0.1) is 11.3 Å². The van der Waals surface area contributed by atoms with Crippen molar-refractivity contribution < 1.29 is 18.0 Å². The highest BCUT2D eigenvalue weighted by molar-refractivity contribution is 5.74. The van der Waals surface area contributed by atoms with Crippen molar-refractivity contribution in [2.45, 2.75) is 25.4 Å². The third-order valence-corrected chi connectivity index (χ3v) is 5.76. The van der Waals surface area contributed by atoms with Gasteiger partial charge in [-0.15, -0.1) is 10.2 Å². The monoisotopic (exact) mass is 455 g/mol. The number of carbonyl (C=O) groups is 1. The Hall–Kier alpha value is -3.62. The number of alkyl halides is 3. The Morgan fingerprint density at radius 1 is 1.03 bits per heavy atom. The number of hydrogen-bond donors (Lipinski definition) is 2. The fourth-order valence-electron chi connectivity index (χ4n) is 4.00. The number of carbonyl (C=O) groups excluding carboxylic acids is 1. The summed E-state index contributed by atoms with van der Waals surface area (Å²) in [6.07, 6.45) is -2.07. The van der Waals surface area contributed by atoms with Crippen molar-refractivity contribution in [3.63, 3.8) is 0 Å². The fraction of sp³-hybridized carbons (Fsp3) is 0.292. The first-order valence-electron chi connectivity index (χ1n) is 10.7. The van der Waals surface area contributed by atoms with Crippen LogP contribution in [0.3, 0.4) is 0 Å². The molecule has 1 aliphatic rings. The first kappa shape index (κ1) is 22.6. The molecule has 2 aromatic carbocycles. The van der Waals surface area contributed by atoms with Gasteiger partial charge in [-0.05, 0) is 61.2 Å². The van der Waals surface area contributed by atoms with Crippen LogP contribution in [0.25, 0.3) is 11.3 Å². The van der Waals surface area contributed by atoms with Gasteiger partial charge in [-0.2, -0.15) is 13.2 Å². The molecule has 1 aromatic heterocycles. The predicted octanol–water partition coefficient (Wildman–Crippen LogP) is 5.00. The van der Waals surface area contributed by atoms with E-state index in [1.807, 2.05) is 24.3 Å². The number of hydrogen-bond acceptors (Lipinski definition) is 5. The molecule has 3 aromatic rings. The Labute approximate surface area is 189 Å². The van der Waals surface area contributed by atoms with Gasteiger partial charge in [-0.25, -0.2) is 0 Å². The first-order chi connectivity index (χ1) is 15.8. The number of nitrogens with two attached hydrogens (primary N) is 1. The zero-order valence-electron chi connectivity index (χ0n) is 17.8. The molecule has 1 amide bonds. The van der Waals surface area contributed by atoms with E-state index in [0.717, 1.165) is 49.3 Å². The third-order valence-electron chi connectivity index (χ3n) is 5.76. The van der Waals surface area contributed by atoms with Crippen LogP contribution < -0.4 is 16.0 Å². The van der Waals surface area contributed by atoms with Crippen molar-refractivity contribution in [2.24, 2.45) is 11.7 Å². The Kier molecular flexibility index (Phi) is 6.48. The smallest absolute Gasteiger partial charge is 0.372 e. The lowest BCUT2D eigenvalue weighted by Crippen LogP contribution is -2.35. The number of amides is 1. The summed E-state index contributed by atoms with van der Waals surface area (Å²) in [5.74, 6) is 0.472. The maximum atomic E-state index is 12.9. The van der Waals surface area contributed by atoms with Gasteiger partial charge in [0.25, 0.3) is 0 Å². The van der Waals surface area contributed by atoms with Crippen LogP contribution in [0.15, 0.2) is 60.7 Å². The fourth-order valence-corrected chi connectivity index (χ4v) is 4.00. The molecule has 0 atom stereocenters. The number of primary amides is 1. The Morgan fingerprint density at radius 2 is 1.76 bits per heavy atom. The summed E-state index contributed by atoms with van der Waals surface area (Å²) in [5, 5.41) is 11.2. The molecule has 0 aliphatic carbocycles. The zero-order chi connectivity index (χ0) is 23.4. The summed E-state index contributed by atoms with van der Waals surface area (Å²) in [6, 6.07) is 16.4. The van der Waals surface area contributed by atoms with Crippen LogP contribution in [-0.2, 0) is 11.0 Å². The molecule has 0 bridgehead atoms. The van der Waals surface area contributed by atoms with Crippen LogP contribution in [0.5, 0.6) is 0 Å². The van der Waals surface area contributed by atoms with Crippen LogP contribution in [0.1, 0.15) is 24.8 Å². The zero-order valence-corrected chi connectivity index (χ0v) is 17.8. The number of nitrogens with zero attached hydrogens (tertiary/aromatic N) is 3. The number of halogens is 3. The summed E-state index contributed by atoms with van der Waals surface area (Å²) in [7, 11) is 0. The molecule has 2 heterocycles. The highest BCUT2D eigenvalue weighted by Gasteiger charge is 2.30. The maximum absolute atomic E-state index is 12.9. The highest BCUT2D eigenvalue weighted by Crippen LogP contribution is 2.31. The molecule has 4 rings (SSSR count). The lowest BCUT2D eigenvalue weighted by Gasteiger charge is -2.33. The third kappa shape index (κ3) is 5.79. The van der Waals surface area contributed by atoms with Gasteiger partial charge in [0.2, 0.25) is 5.91 Å². The van der Waals surface area contributed by atoms with E-state index in [-0.39, 0.29) is 11.6 Å². The van der Waals surface area contributed by atoms with E-state index in [1.165, 1.54) is 6.07 Å². The number of rotatable bonds is 6. The number of benzene rings is 2. The maximum Gasteiger partial charge on any atom is 0.416 e. The number of nitrogens with one attached hydrogen (secondary N) is 1. The number of piperidine rings is 1. The standard InChI is InChI=1S/C24H24F3N5O/c25-24(26,27)18-2-1-3-19(15-18)29-23-9-8-21(30-31-23)17-4-6-20(7-5-17)32-12-10-16(11-13-32)14-22(28)33/h1-9,15-16H,10-14H2,(H2,28,33)(H,29,31). The van der Waals surface area contributed by atoms with Crippen LogP contribution in [0.4, 0.5) is 30.4 Å². The molecule has 0 radical (unpaired) electrons. The van der Waals surface area contributed by atoms with Crippen LogP contribution in [0.2, 0.25) is 0 Å².